The molecule has 0 amide bonds. The van der Waals surface area contributed by atoms with Crippen molar-refractivity contribution in [3.8, 4) is 0 Å². The van der Waals surface area contributed by atoms with Gasteiger partial charge in [-0.2, -0.15) is 0 Å². The minimum atomic E-state index is -0.567. The van der Waals surface area contributed by atoms with Crippen LogP contribution in [0.2, 0.25) is 5.15 Å². The van der Waals surface area contributed by atoms with Gasteiger partial charge in [-0.3, -0.25) is 0 Å². The van der Waals surface area contributed by atoms with Crippen LogP contribution in [-0.2, 0) is 4.74 Å². The highest BCUT2D eigenvalue weighted by atomic mass is 35.5. The molecule has 0 aliphatic rings. The fourth-order valence-electron chi connectivity index (χ4n) is 1.35. The van der Waals surface area contributed by atoms with Gasteiger partial charge in [-0.25, -0.2) is 9.78 Å². The summed E-state index contributed by atoms with van der Waals surface area (Å²) in [4.78, 5) is 15.9. The van der Waals surface area contributed by atoms with Gasteiger partial charge in [0.25, 0.3) is 0 Å². The molecule has 0 fully saturated rings. The van der Waals surface area contributed by atoms with Gasteiger partial charge in [0.05, 0.1) is 0 Å². The Bertz CT molecular complexity index is 465. The predicted molar refractivity (Wildman–Crippen MR) is 68.3 cm³/mol. The fraction of sp³-hybridized carbons (Fsp3) is 0.500. The molecule has 0 unspecified atom stereocenters. The van der Waals surface area contributed by atoms with E-state index in [1.807, 2.05) is 0 Å². The molecule has 1 rings (SSSR count). The lowest BCUT2D eigenvalue weighted by Gasteiger charge is -2.21. The van der Waals surface area contributed by atoms with Crippen molar-refractivity contribution in [2.45, 2.75) is 40.2 Å². The number of carbonyl (C=O) groups is 1. The molecule has 0 atom stereocenters. The Balaban J connectivity index is 3.24. The highest BCUT2D eigenvalue weighted by Crippen LogP contribution is 2.26. The molecule has 17 heavy (non-hydrogen) atoms. The lowest BCUT2D eigenvalue weighted by atomic mass is 10.1. The molecule has 1 aromatic heterocycles. The van der Waals surface area contributed by atoms with Gasteiger partial charge in [0, 0.05) is 0 Å². The van der Waals surface area contributed by atoms with E-state index >= 15 is 0 Å². The fourth-order valence-corrected chi connectivity index (χ4v) is 1.66. The summed E-state index contributed by atoms with van der Waals surface area (Å²) in [5.41, 5.74) is 6.84. The molecule has 0 aromatic carbocycles. The maximum atomic E-state index is 12.0. The second kappa shape index (κ2) is 4.53. The first-order chi connectivity index (χ1) is 7.63. The minimum Gasteiger partial charge on any atom is -0.456 e. The number of halogens is 1. The Kier molecular flexibility index (Phi) is 3.67. The lowest BCUT2D eigenvalue weighted by molar-refractivity contribution is 0.00685. The van der Waals surface area contributed by atoms with Crippen molar-refractivity contribution in [3.63, 3.8) is 0 Å². The number of ether oxygens (including phenoxy) is 1. The van der Waals surface area contributed by atoms with Crippen LogP contribution >= 0.6 is 11.6 Å². The zero-order valence-corrected chi connectivity index (χ0v) is 11.5. The van der Waals surface area contributed by atoms with Gasteiger partial charge in [-0.15, -0.1) is 0 Å². The van der Waals surface area contributed by atoms with Gasteiger partial charge < -0.3 is 10.5 Å². The van der Waals surface area contributed by atoms with E-state index < -0.39 is 11.6 Å². The van der Waals surface area contributed by atoms with Gasteiger partial charge in [0.15, 0.2) is 0 Å². The number of nitrogen functional groups attached to an aromatic ring is 1. The number of carbonyl (C=O) groups excluding carboxylic acids is 1. The number of hydrogen-bond acceptors (Lipinski definition) is 4. The van der Waals surface area contributed by atoms with Gasteiger partial charge in [-0.05, 0) is 45.7 Å². The van der Waals surface area contributed by atoms with Crippen molar-refractivity contribution in [1.29, 1.82) is 0 Å². The first-order valence-corrected chi connectivity index (χ1v) is 5.67. The van der Waals surface area contributed by atoms with E-state index in [4.69, 9.17) is 22.1 Å². The van der Waals surface area contributed by atoms with E-state index in [-0.39, 0.29) is 10.7 Å². The maximum Gasteiger partial charge on any atom is 0.342 e. The molecule has 0 saturated carbocycles. The number of esters is 1. The van der Waals surface area contributed by atoms with Gasteiger partial charge in [-0.1, -0.05) is 11.6 Å². The van der Waals surface area contributed by atoms with Crippen LogP contribution < -0.4 is 5.73 Å². The number of nitrogens with zero attached hydrogens (tertiary/aromatic N) is 1. The quantitative estimate of drug-likeness (QED) is 0.620. The van der Waals surface area contributed by atoms with Crippen LogP contribution in [0.3, 0.4) is 0 Å². The van der Waals surface area contributed by atoms with E-state index in [0.29, 0.717) is 11.4 Å². The Hall–Kier alpha value is -1.29. The van der Waals surface area contributed by atoms with Crippen molar-refractivity contribution in [2.75, 3.05) is 5.73 Å². The maximum absolute atomic E-state index is 12.0. The molecule has 0 spiro atoms. The van der Waals surface area contributed by atoms with Crippen LogP contribution in [0, 0.1) is 13.8 Å². The summed E-state index contributed by atoms with van der Waals surface area (Å²) in [7, 11) is 0. The van der Waals surface area contributed by atoms with Crippen molar-refractivity contribution < 1.29 is 9.53 Å². The third kappa shape index (κ3) is 3.09. The molecule has 0 saturated heterocycles. The minimum absolute atomic E-state index is 0.0832. The Morgan fingerprint density at radius 3 is 2.29 bits per heavy atom. The monoisotopic (exact) mass is 256 g/mol. The van der Waals surface area contributed by atoms with Gasteiger partial charge in [0.1, 0.15) is 22.1 Å². The number of anilines is 1. The van der Waals surface area contributed by atoms with Crippen molar-refractivity contribution >= 4 is 23.4 Å². The second-order valence-electron chi connectivity index (χ2n) is 4.91. The molecule has 94 valence electrons. The van der Waals surface area contributed by atoms with E-state index in [1.165, 1.54) is 0 Å². The lowest BCUT2D eigenvalue weighted by Crippen LogP contribution is -2.25. The normalized spacial score (nSPS) is 11.4. The average molecular weight is 257 g/mol. The molecule has 2 N–H and O–H groups in total. The van der Waals surface area contributed by atoms with Gasteiger partial charge in [0.2, 0.25) is 0 Å². The van der Waals surface area contributed by atoms with E-state index in [2.05, 4.69) is 4.98 Å². The topological polar surface area (TPSA) is 65.2 Å². The highest BCUT2D eigenvalue weighted by molar-refractivity contribution is 6.32. The summed E-state index contributed by atoms with van der Waals surface area (Å²) in [5.74, 6) is -0.143. The number of hydrogen-bond donors (Lipinski definition) is 1. The van der Waals surface area contributed by atoms with Crippen LogP contribution in [0.5, 0.6) is 0 Å². The molecule has 5 heteroatoms. The van der Waals surface area contributed by atoms with Crippen LogP contribution in [0.25, 0.3) is 0 Å². The highest BCUT2D eigenvalue weighted by Gasteiger charge is 2.24. The molecular formula is C12H17ClN2O2. The van der Waals surface area contributed by atoms with E-state index in [0.717, 1.165) is 5.56 Å². The van der Waals surface area contributed by atoms with Crippen LogP contribution in [-0.4, -0.2) is 16.6 Å². The van der Waals surface area contributed by atoms with Crippen LogP contribution in [0.1, 0.15) is 42.3 Å². The third-order valence-electron chi connectivity index (χ3n) is 2.35. The Morgan fingerprint density at radius 1 is 1.29 bits per heavy atom. The predicted octanol–water partition coefficient (Wildman–Crippen LogP) is 2.89. The second-order valence-corrected chi connectivity index (χ2v) is 5.27. The SMILES string of the molecule is Cc1c(N)nc(Cl)c(C(=O)OC(C)(C)C)c1C. The van der Waals surface area contributed by atoms with Gasteiger partial charge >= 0.3 is 5.97 Å². The molecule has 1 heterocycles. The molecule has 0 bridgehead atoms. The molecule has 4 nitrogen and oxygen atoms in total. The number of rotatable bonds is 1. The number of pyridine rings is 1. The van der Waals surface area contributed by atoms with E-state index in [9.17, 15) is 4.79 Å². The standard InChI is InChI=1S/C12H17ClN2O2/c1-6-7(2)10(14)15-9(13)8(6)11(16)17-12(3,4)5/h1-5H3,(H2,14,15). The summed E-state index contributed by atoms with van der Waals surface area (Å²) in [5, 5.41) is 0.0832. The first kappa shape index (κ1) is 13.8. The summed E-state index contributed by atoms with van der Waals surface area (Å²) < 4.78 is 5.28. The van der Waals surface area contributed by atoms with Crippen molar-refractivity contribution in [1.82, 2.24) is 4.98 Å². The average Bonchev–Trinajstić information content (AvgIpc) is 2.11. The molecular weight excluding hydrogens is 240 g/mol. The largest absolute Gasteiger partial charge is 0.456 e. The third-order valence-corrected chi connectivity index (χ3v) is 2.62. The summed E-state index contributed by atoms with van der Waals surface area (Å²) in [6, 6.07) is 0. The zero-order valence-electron chi connectivity index (χ0n) is 10.7. The summed E-state index contributed by atoms with van der Waals surface area (Å²) in [6.07, 6.45) is 0. The Morgan fingerprint density at radius 2 is 1.82 bits per heavy atom. The van der Waals surface area contributed by atoms with Crippen LogP contribution in [0.4, 0.5) is 5.82 Å². The zero-order chi connectivity index (χ0) is 13.4. The summed E-state index contributed by atoms with van der Waals surface area (Å²) in [6.45, 7) is 8.96. The number of nitrogens with two attached hydrogens (primary N) is 1. The van der Waals surface area contributed by atoms with Crippen molar-refractivity contribution in [3.05, 3.63) is 21.8 Å². The summed E-state index contributed by atoms with van der Waals surface area (Å²) >= 11 is 5.94. The molecule has 1 aromatic rings. The van der Waals surface area contributed by atoms with E-state index in [1.54, 1.807) is 34.6 Å². The molecule has 0 radical (unpaired) electrons. The van der Waals surface area contributed by atoms with Crippen molar-refractivity contribution in [2.24, 2.45) is 0 Å². The number of aromatic nitrogens is 1. The Labute approximate surface area is 106 Å². The molecule has 0 aliphatic carbocycles. The smallest absolute Gasteiger partial charge is 0.342 e. The molecule has 0 aliphatic heterocycles. The first-order valence-electron chi connectivity index (χ1n) is 5.29. The van der Waals surface area contributed by atoms with Crippen LogP contribution in [0.15, 0.2) is 0 Å².